The van der Waals surface area contributed by atoms with Gasteiger partial charge in [-0.05, 0) is 51.5 Å². The lowest BCUT2D eigenvalue weighted by Crippen LogP contribution is -2.46. The topological polar surface area (TPSA) is 31.6 Å². The number of aryl methyl sites for hydroxylation is 1. The minimum atomic E-state index is 0.850. The molecular weight excluding hydrogens is 250 g/mol. The van der Waals surface area contributed by atoms with E-state index in [2.05, 4.69) is 28.1 Å². The number of nitrogens with zero attached hydrogens (tertiary/aromatic N) is 2. The zero-order chi connectivity index (χ0) is 14.2. The third-order valence-corrected chi connectivity index (χ3v) is 4.09. The van der Waals surface area contributed by atoms with Gasteiger partial charge in [0.1, 0.15) is 11.5 Å². The molecule has 1 N–H and O–H groups in total. The first-order valence-electron chi connectivity index (χ1n) is 7.98. The van der Waals surface area contributed by atoms with Crippen LogP contribution in [-0.4, -0.2) is 55.6 Å². The highest BCUT2D eigenvalue weighted by molar-refractivity contribution is 5.04. The molecule has 0 unspecified atom stereocenters. The van der Waals surface area contributed by atoms with Crippen LogP contribution in [0.25, 0.3) is 0 Å². The lowest BCUT2D eigenvalue weighted by atomic mass is 10.2. The van der Waals surface area contributed by atoms with Crippen LogP contribution in [0.4, 0.5) is 0 Å². The first-order chi connectivity index (χ1) is 9.78. The van der Waals surface area contributed by atoms with Crippen molar-refractivity contribution in [3.8, 4) is 0 Å². The van der Waals surface area contributed by atoms with Gasteiger partial charge in [0.05, 0.1) is 6.54 Å². The van der Waals surface area contributed by atoms with Crippen LogP contribution < -0.4 is 5.32 Å². The number of nitrogens with one attached hydrogen (secondary N) is 1. The van der Waals surface area contributed by atoms with Crippen LogP contribution in [0.2, 0.25) is 0 Å². The van der Waals surface area contributed by atoms with Gasteiger partial charge in [-0.25, -0.2) is 0 Å². The molecule has 0 spiro atoms. The molecule has 1 aromatic rings. The molecule has 114 valence electrons. The minimum absolute atomic E-state index is 0.850. The summed E-state index contributed by atoms with van der Waals surface area (Å²) in [5, 5.41) is 3.45. The second-order valence-electron chi connectivity index (χ2n) is 5.67. The van der Waals surface area contributed by atoms with Crippen molar-refractivity contribution < 1.29 is 4.42 Å². The van der Waals surface area contributed by atoms with Gasteiger partial charge < -0.3 is 19.5 Å². The van der Waals surface area contributed by atoms with Gasteiger partial charge in [-0.15, -0.1) is 0 Å². The lowest BCUT2D eigenvalue weighted by molar-refractivity contribution is 0.135. The van der Waals surface area contributed by atoms with E-state index in [0.717, 1.165) is 24.6 Å². The fourth-order valence-electron chi connectivity index (χ4n) is 2.71. The Bertz CT molecular complexity index is 370. The number of likely N-dealkylation sites (N-methyl/N-ethyl adjacent to an activating group) is 1. The molecule has 0 atom stereocenters. The first-order valence-corrected chi connectivity index (χ1v) is 7.98. The summed E-state index contributed by atoms with van der Waals surface area (Å²) in [6.07, 6.45) is 2.53. The Labute approximate surface area is 123 Å². The highest BCUT2D eigenvalue weighted by Gasteiger charge is 2.14. The molecule has 0 radical (unpaired) electrons. The van der Waals surface area contributed by atoms with Crippen LogP contribution >= 0.6 is 0 Å². The summed E-state index contributed by atoms with van der Waals surface area (Å²) >= 11 is 0. The van der Waals surface area contributed by atoms with Gasteiger partial charge in [-0.3, -0.25) is 0 Å². The van der Waals surface area contributed by atoms with Gasteiger partial charge in [0, 0.05) is 26.2 Å². The highest BCUT2D eigenvalue weighted by atomic mass is 16.3. The fourth-order valence-corrected chi connectivity index (χ4v) is 2.71. The highest BCUT2D eigenvalue weighted by Crippen LogP contribution is 2.06. The fraction of sp³-hybridized carbons (Fsp3) is 0.750. The summed E-state index contributed by atoms with van der Waals surface area (Å²) in [4.78, 5) is 5.13. The Kier molecular flexibility index (Phi) is 6.57. The standard InChI is InChI=1S/C16H29N3O/c1-3-18-10-12-19(13-11-18)9-5-4-8-17-14-16-7-6-15(2)20-16/h6-7,17H,3-5,8-14H2,1-2H3. The first kappa shape index (κ1) is 15.5. The minimum Gasteiger partial charge on any atom is -0.465 e. The predicted octanol–water partition coefficient (Wildman–Crippen LogP) is 2.10. The number of piperazine rings is 1. The summed E-state index contributed by atoms with van der Waals surface area (Å²) in [5.41, 5.74) is 0. The Balaban J connectivity index is 1.46. The molecule has 1 aliphatic heterocycles. The van der Waals surface area contributed by atoms with E-state index < -0.39 is 0 Å². The SMILES string of the molecule is CCN1CCN(CCCCNCc2ccc(C)o2)CC1. The molecule has 0 aromatic carbocycles. The van der Waals surface area contributed by atoms with E-state index in [1.165, 1.54) is 52.1 Å². The summed E-state index contributed by atoms with van der Waals surface area (Å²) < 4.78 is 5.53. The van der Waals surface area contributed by atoms with Crippen LogP contribution in [0, 0.1) is 6.92 Å². The van der Waals surface area contributed by atoms with Crippen LogP contribution in [-0.2, 0) is 6.54 Å². The van der Waals surface area contributed by atoms with E-state index in [1.54, 1.807) is 0 Å². The quantitative estimate of drug-likeness (QED) is 0.739. The second-order valence-corrected chi connectivity index (χ2v) is 5.67. The molecule has 2 heterocycles. The average Bonchev–Trinajstić information content (AvgIpc) is 2.89. The maximum atomic E-state index is 5.53. The van der Waals surface area contributed by atoms with Crippen LogP contribution in [0.3, 0.4) is 0 Å². The van der Waals surface area contributed by atoms with Gasteiger partial charge in [0.25, 0.3) is 0 Å². The zero-order valence-corrected chi connectivity index (χ0v) is 13.0. The molecule has 1 saturated heterocycles. The monoisotopic (exact) mass is 279 g/mol. The molecule has 4 nitrogen and oxygen atoms in total. The maximum Gasteiger partial charge on any atom is 0.117 e. The predicted molar refractivity (Wildman–Crippen MR) is 82.9 cm³/mol. The normalized spacial score (nSPS) is 17.7. The molecule has 2 rings (SSSR count). The van der Waals surface area contributed by atoms with Gasteiger partial charge in [0.15, 0.2) is 0 Å². The van der Waals surface area contributed by atoms with Crippen molar-refractivity contribution in [3.63, 3.8) is 0 Å². The molecule has 1 aromatic heterocycles. The maximum absolute atomic E-state index is 5.53. The third-order valence-electron chi connectivity index (χ3n) is 4.09. The van der Waals surface area contributed by atoms with Gasteiger partial charge in [-0.2, -0.15) is 0 Å². The zero-order valence-electron chi connectivity index (χ0n) is 13.0. The largest absolute Gasteiger partial charge is 0.465 e. The second kappa shape index (κ2) is 8.45. The molecule has 1 aliphatic rings. The summed E-state index contributed by atoms with van der Waals surface area (Å²) in [6, 6.07) is 4.07. The van der Waals surface area contributed by atoms with E-state index in [9.17, 15) is 0 Å². The number of hydrogen-bond donors (Lipinski definition) is 1. The van der Waals surface area contributed by atoms with Crippen LogP contribution in [0.5, 0.6) is 0 Å². The number of unbranched alkanes of at least 4 members (excludes halogenated alkanes) is 1. The Morgan fingerprint density at radius 1 is 1.10 bits per heavy atom. The molecular formula is C16H29N3O. The molecule has 4 heteroatoms. The number of hydrogen-bond acceptors (Lipinski definition) is 4. The van der Waals surface area contributed by atoms with E-state index in [4.69, 9.17) is 4.42 Å². The van der Waals surface area contributed by atoms with E-state index in [0.29, 0.717) is 0 Å². The molecule has 0 amide bonds. The van der Waals surface area contributed by atoms with Gasteiger partial charge >= 0.3 is 0 Å². The Hall–Kier alpha value is -0.840. The summed E-state index contributed by atoms with van der Waals surface area (Å²) in [7, 11) is 0. The molecule has 0 aliphatic carbocycles. The van der Waals surface area contributed by atoms with E-state index in [-0.39, 0.29) is 0 Å². The van der Waals surface area contributed by atoms with Crippen LogP contribution in [0.15, 0.2) is 16.5 Å². The Morgan fingerprint density at radius 2 is 1.85 bits per heavy atom. The van der Waals surface area contributed by atoms with Crippen molar-refractivity contribution in [3.05, 3.63) is 23.7 Å². The third kappa shape index (κ3) is 5.27. The van der Waals surface area contributed by atoms with E-state index in [1.807, 2.05) is 13.0 Å². The van der Waals surface area contributed by atoms with Crippen LogP contribution in [0.1, 0.15) is 31.3 Å². The van der Waals surface area contributed by atoms with Crippen molar-refractivity contribution >= 4 is 0 Å². The molecule has 20 heavy (non-hydrogen) atoms. The molecule has 1 fully saturated rings. The lowest BCUT2D eigenvalue weighted by Gasteiger charge is -2.33. The Morgan fingerprint density at radius 3 is 2.50 bits per heavy atom. The smallest absolute Gasteiger partial charge is 0.117 e. The number of rotatable bonds is 8. The van der Waals surface area contributed by atoms with Gasteiger partial charge in [0.2, 0.25) is 0 Å². The summed E-state index contributed by atoms with van der Waals surface area (Å²) in [5.74, 6) is 2.03. The van der Waals surface area contributed by atoms with Crippen molar-refractivity contribution in [2.24, 2.45) is 0 Å². The summed E-state index contributed by atoms with van der Waals surface area (Å²) in [6.45, 7) is 13.6. The molecule has 0 saturated carbocycles. The number of furan rings is 1. The average molecular weight is 279 g/mol. The molecule has 0 bridgehead atoms. The van der Waals surface area contributed by atoms with Crippen molar-refractivity contribution in [1.29, 1.82) is 0 Å². The van der Waals surface area contributed by atoms with Crippen molar-refractivity contribution in [1.82, 2.24) is 15.1 Å². The van der Waals surface area contributed by atoms with Crippen molar-refractivity contribution in [2.45, 2.75) is 33.2 Å². The van der Waals surface area contributed by atoms with Crippen molar-refractivity contribution in [2.75, 3.05) is 45.8 Å². The van der Waals surface area contributed by atoms with E-state index >= 15 is 0 Å². The van der Waals surface area contributed by atoms with Gasteiger partial charge in [-0.1, -0.05) is 6.92 Å².